The Balaban J connectivity index is 1.54. The SMILES string of the molecule is O=C(O)c1ccc(Cl)c2c1[C@@H]1C=CC[C@H]1[C@H](c1cccc(OC3CSC3)c1)N2. The van der Waals surface area contributed by atoms with Gasteiger partial charge in [-0.15, -0.1) is 0 Å². The molecule has 144 valence electrons. The molecule has 2 aromatic carbocycles. The van der Waals surface area contributed by atoms with Gasteiger partial charge in [-0.2, -0.15) is 11.8 Å². The largest absolute Gasteiger partial charge is 0.489 e. The highest BCUT2D eigenvalue weighted by atomic mass is 35.5. The number of anilines is 1. The van der Waals surface area contributed by atoms with Crippen LogP contribution in [0.3, 0.4) is 0 Å². The Kier molecular flexibility index (Phi) is 4.52. The van der Waals surface area contributed by atoms with Crippen LogP contribution in [-0.2, 0) is 0 Å². The number of ether oxygens (including phenoxy) is 1. The van der Waals surface area contributed by atoms with Gasteiger partial charge in [0.1, 0.15) is 11.9 Å². The lowest BCUT2D eigenvalue weighted by Crippen LogP contribution is -2.32. The maximum atomic E-state index is 11.8. The monoisotopic (exact) mass is 413 g/mol. The Hall–Kier alpha value is -2.11. The molecular formula is C22H20ClNO3S. The summed E-state index contributed by atoms with van der Waals surface area (Å²) in [5.74, 6) is 2.35. The molecule has 0 amide bonds. The number of carbonyl (C=O) groups is 1. The number of allylic oxidation sites excluding steroid dienone is 2. The van der Waals surface area contributed by atoms with Crippen molar-refractivity contribution in [2.45, 2.75) is 24.5 Å². The summed E-state index contributed by atoms with van der Waals surface area (Å²) in [6.45, 7) is 0. The van der Waals surface area contributed by atoms with Crippen molar-refractivity contribution in [2.75, 3.05) is 16.8 Å². The van der Waals surface area contributed by atoms with Crippen molar-refractivity contribution in [1.29, 1.82) is 0 Å². The number of thioether (sulfide) groups is 1. The van der Waals surface area contributed by atoms with E-state index in [0.717, 1.165) is 40.5 Å². The molecule has 2 N–H and O–H groups in total. The predicted molar refractivity (Wildman–Crippen MR) is 113 cm³/mol. The normalized spacial score (nSPS) is 25.4. The van der Waals surface area contributed by atoms with Crippen molar-refractivity contribution in [1.82, 2.24) is 0 Å². The minimum Gasteiger partial charge on any atom is -0.489 e. The maximum absolute atomic E-state index is 11.8. The lowest BCUT2D eigenvalue weighted by molar-refractivity contribution is 0.0695. The number of fused-ring (bicyclic) bond motifs is 3. The summed E-state index contributed by atoms with van der Waals surface area (Å²) in [4.78, 5) is 11.8. The molecule has 1 fully saturated rings. The lowest BCUT2D eigenvalue weighted by atomic mass is 9.75. The van der Waals surface area contributed by atoms with Gasteiger partial charge in [-0.3, -0.25) is 0 Å². The fourth-order valence-corrected chi connectivity index (χ4v) is 5.23. The molecule has 4 nitrogen and oxygen atoms in total. The summed E-state index contributed by atoms with van der Waals surface area (Å²) in [5, 5.41) is 13.8. The van der Waals surface area contributed by atoms with Crippen molar-refractivity contribution in [3.8, 4) is 5.75 Å². The van der Waals surface area contributed by atoms with Crippen LogP contribution in [-0.4, -0.2) is 28.7 Å². The molecule has 2 heterocycles. The minimum atomic E-state index is -0.916. The van der Waals surface area contributed by atoms with Crippen LogP contribution >= 0.6 is 23.4 Å². The van der Waals surface area contributed by atoms with E-state index >= 15 is 0 Å². The molecule has 0 unspecified atom stereocenters. The number of halogens is 1. The standard InChI is InChI=1S/C22H20ClNO3S/c23-18-8-7-17(22(25)26)19-15-5-2-6-16(15)20(24-21(18)19)12-3-1-4-13(9-12)27-14-10-28-11-14/h1-5,7-9,14-16,20,24H,6,10-11H2,(H,25,26)/t15-,16-,20+/m1/s1. The van der Waals surface area contributed by atoms with Gasteiger partial charge < -0.3 is 15.2 Å². The van der Waals surface area contributed by atoms with Crippen molar-refractivity contribution < 1.29 is 14.6 Å². The maximum Gasteiger partial charge on any atom is 0.336 e. The Morgan fingerprint density at radius 3 is 2.86 bits per heavy atom. The number of carboxylic acids is 1. The van der Waals surface area contributed by atoms with Crippen molar-refractivity contribution >= 4 is 35.0 Å². The van der Waals surface area contributed by atoms with Crippen LogP contribution in [0.2, 0.25) is 5.02 Å². The smallest absolute Gasteiger partial charge is 0.336 e. The topological polar surface area (TPSA) is 58.6 Å². The van der Waals surface area contributed by atoms with Crippen LogP contribution < -0.4 is 10.1 Å². The number of rotatable bonds is 4. The molecule has 6 heteroatoms. The summed E-state index contributed by atoms with van der Waals surface area (Å²) in [5.41, 5.74) is 3.01. The van der Waals surface area contributed by atoms with Crippen LogP contribution in [0.5, 0.6) is 5.75 Å². The highest BCUT2D eigenvalue weighted by molar-refractivity contribution is 8.00. The molecule has 0 radical (unpaired) electrons. The van der Waals surface area contributed by atoms with E-state index in [1.165, 1.54) is 0 Å². The third kappa shape index (κ3) is 2.97. The molecule has 1 saturated heterocycles. The third-order valence-corrected chi connectivity index (χ3v) is 7.36. The van der Waals surface area contributed by atoms with E-state index in [1.54, 1.807) is 12.1 Å². The average molecular weight is 414 g/mol. The second-order valence-electron chi connectivity index (χ2n) is 7.51. The summed E-state index contributed by atoms with van der Waals surface area (Å²) in [6.07, 6.45) is 5.48. The van der Waals surface area contributed by atoms with Gasteiger partial charge in [-0.25, -0.2) is 4.79 Å². The van der Waals surface area contributed by atoms with Crippen LogP contribution in [0.15, 0.2) is 48.6 Å². The molecule has 5 rings (SSSR count). The zero-order valence-corrected chi connectivity index (χ0v) is 16.7. The molecule has 0 spiro atoms. The lowest BCUT2D eigenvalue weighted by Gasteiger charge is -2.38. The summed E-state index contributed by atoms with van der Waals surface area (Å²) >= 11 is 8.38. The van der Waals surface area contributed by atoms with E-state index in [1.807, 2.05) is 23.9 Å². The Morgan fingerprint density at radius 2 is 2.11 bits per heavy atom. The van der Waals surface area contributed by atoms with Gasteiger partial charge >= 0.3 is 5.97 Å². The van der Waals surface area contributed by atoms with E-state index in [9.17, 15) is 9.90 Å². The summed E-state index contributed by atoms with van der Waals surface area (Å²) in [6, 6.07) is 11.6. The van der Waals surface area contributed by atoms with E-state index in [0.29, 0.717) is 16.7 Å². The molecule has 3 aliphatic rings. The van der Waals surface area contributed by atoms with Crippen LogP contribution in [0, 0.1) is 5.92 Å². The van der Waals surface area contributed by atoms with Gasteiger partial charge in [-0.1, -0.05) is 35.9 Å². The zero-order valence-electron chi connectivity index (χ0n) is 15.1. The van der Waals surface area contributed by atoms with Gasteiger partial charge in [-0.05, 0) is 47.7 Å². The van der Waals surface area contributed by atoms with Crippen molar-refractivity contribution in [2.24, 2.45) is 5.92 Å². The third-order valence-electron chi connectivity index (χ3n) is 5.83. The molecule has 2 aliphatic heterocycles. The number of aromatic carboxylic acids is 1. The number of carboxylic acid groups (broad SMARTS) is 1. The van der Waals surface area contributed by atoms with Gasteiger partial charge in [0.15, 0.2) is 0 Å². The van der Waals surface area contributed by atoms with Crippen LogP contribution in [0.4, 0.5) is 5.69 Å². The Bertz CT molecular complexity index is 972. The first-order valence-electron chi connectivity index (χ1n) is 9.45. The van der Waals surface area contributed by atoms with E-state index in [4.69, 9.17) is 16.3 Å². The fourth-order valence-electron chi connectivity index (χ4n) is 4.45. The highest BCUT2D eigenvalue weighted by Gasteiger charge is 2.41. The molecule has 0 saturated carbocycles. The Labute approximate surface area is 172 Å². The Morgan fingerprint density at radius 1 is 1.25 bits per heavy atom. The fraction of sp³-hybridized carbons (Fsp3) is 0.318. The first kappa shape index (κ1) is 18.0. The number of hydrogen-bond donors (Lipinski definition) is 2. The quantitative estimate of drug-likeness (QED) is 0.661. The van der Waals surface area contributed by atoms with E-state index < -0.39 is 5.97 Å². The van der Waals surface area contributed by atoms with Gasteiger partial charge in [0, 0.05) is 17.4 Å². The summed E-state index contributed by atoms with van der Waals surface area (Å²) in [7, 11) is 0. The minimum absolute atomic E-state index is 0.0404. The van der Waals surface area contributed by atoms with E-state index in [2.05, 4.69) is 29.6 Å². The van der Waals surface area contributed by atoms with Gasteiger partial charge in [0.05, 0.1) is 22.3 Å². The van der Waals surface area contributed by atoms with Gasteiger partial charge in [0.2, 0.25) is 0 Å². The summed E-state index contributed by atoms with van der Waals surface area (Å²) < 4.78 is 6.07. The first-order chi connectivity index (χ1) is 13.6. The zero-order chi connectivity index (χ0) is 19.3. The van der Waals surface area contributed by atoms with Crippen LogP contribution in [0.1, 0.15) is 39.9 Å². The second-order valence-corrected chi connectivity index (χ2v) is 9.00. The molecule has 1 aliphatic carbocycles. The molecule has 3 atom stereocenters. The number of hydrogen-bond acceptors (Lipinski definition) is 4. The van der Waals surface area contributed by atoms with Crippen molar-refractivity contribution in [3.63, 3.8) is 0 Å². The predicted octanol–water partition coefficient (Wildman–Crippen LogP) is 5.36. The molecular weight excluding hydrogens is 394 g/mol. The average Bonchev–Trinajstić information content (AvgIpc) is 3.14. The molecule has 0 aromatic heterocycles. The van der Waals surface area contributed by atoms with Gasteiger partial charge in [0.25, 0.3) is 0 Å². The number of nitrogens with one attached hydrogen (secondary N) is 1. The molecule has 2 aromatic rings. The molecule has 28 heavy (non-hydrogen) atoms. The van der Waals surface area contributed by atoms with Crippen molar-refractivity contribution in [3.05, 3.63) is 70.3 Å². The van der Waals surface area contributed by atoms with E-state index in [-0.39, 0.29) is 17.9 Å². The second kappa shape index (κ2) is 7.05. The number of benzene rings is 2. The highest BCUT2D eigenvalue weighted by Crippen LogP contribution is 2.52. The first-order valence-corrected chi connectivity index (χ1v) is 11.0. The molecule has 0 bridgehead atoms. The van der Waals surface area contributed by atoms with Crippen LogP contribution in [0.25, 0.3) is 0 Å².